The average molecular weight is 423 g/mol. The van der Waals surface area contributed by atoms with Gasteiger partial charge in [0.2, 0.25) is 0 Å². The highest BCUT2D eigenvalue weighted by molar-refractivity contribution is 6.40. The lowest BCUT2D eigenvalue weighted by atomic mass is 9.82. The fraction of sp³-hybridized carbons (Fsp3) is 0.600. The fourth-order valence-electron chi connectivity index (χ4n) is 3.55. The van der Waals surface area contributed by atoms with Crippen LogP contribution in [0.1, 0.15) is 37.7 Å². The number of unbranched alkanes of at least 4 members (excludes halogenated alkanes) is 1. The highest BCUT2D eigenvalue weighted by Crippen LogP contribution is 2.22. The van der Waals surface area contributed by atoms with E-state index in [4.69, 9.17) is 25.4 Å². The Kier molecular flexibility index (Phi) is 12.6. The maximum Gasteiger partial charge on any atom is 0.451 e. The zero-order chi connectivity index (χ0) is 22.4. The normalized spacial score (nSPS) is 14.9. The molecule has 10 heteroatoms. The number of hydrogen-bond donors (Lipinski definition) is 4. The molecule has 5 N–H and O–H groups in total. The third-order valence-electron chi connectivity index (χ3n) is 5.29. The van der Waals surface area contributed by atoms with Gasteiger partial charge in [0.05, 0.1) is 0 Å². The van der Waals surface area contributed by atoms with Gasteiger partial charge in [0.25, 0.3) is 0 Å². The first-order valence-electron chi connectivity index (χ1n) is 10.3. The summed E-state index contributed by atoms with van der Waals surface area (Å²) in [7, 11) is -1.23. The molecule has 2 rings (SSSR count). The summed E-state index contributed by atoms with van der Waals surface area (Å²) in [5, 5.41) is 20.6. The summed E-state index contributed by atoms with van der Waals surface area (Å²) in [6.07, 6.45) is 5.65. The van der Waals surface area contributed by atoms with E-state index in [1.807, 2.05) is 4.90 Å². The average Bonchev–Trinajstić information content (AvgIpc) is 2.73. The molecule has 0 aliphatic carbocycles. The van der Waals surface area contributed by atoms with E-state index in [0.717, 1.165) is 37.7 Å². The summed E-state index contributed by atoms with van der Waals surface area (Å²) in [5.41, 5.74) is 7.27. The van der Waals surface area contributed by atoms with E-state index in [1.54, 1.807) is 12.1 Å². The smallest absolute Gasteiger partial charge is 0.427 e. The highest BCUT2D eigenvalue weighted by Gasteiger charge is 2.26. The molecule has 1 aliphatic heterocycles. The van der Waals surface area contributed by atoms with Crippen molar-refractivity contribution in [3.63, 3.8) is 0 Å². The standard InChI is InChI=1S/C19H31BFN3O3.CO2/c21-17-6-4-15(5-7-17)8-12-23-19(25)24-13-9-16(10-14-24)18(22)3-1-2-11-20(26)27;2-1-3/h4-7,16,18,26-27H,1-3,8-14,22H2,(H,23,25);. The quantitative estimate of drug-likeness (QED) is 0.348. The molecular weight excluding hydrogens is 392 g/mol. The van der Waals surface area contributed by atoms with Gasteiger partial charge in [-0.1, -0.05) is 25.0 Å². The second-order valence-corrected chi connectivity index (χ2v) is 7.45. The monoisotopic (exact) mass is 423 g/mol. The number of halogens is 1. The first-order valence-corrected chi connectivity index (χ1v) is 10.3. The van der Waals surface area contributed by atoms with Gasteiger partial charge in [0.1, 0.15) is 5.82 Å². The molecule has 0 aromatic heterocycles. The van der Waals surface area contributed by atoms with Crippen LogP contribution in [0, 0.1) is 11.7 Å². The molecule has 1 aromatic rings. The summed E-state index contributed by atoms with van der Waals surface area (Å²) in [6.45, 7) is 1.94. The number of nitrogens with zero attached hydrogens (tertiary/aromatic N) is 1. The Morgan fingerprint density at radius 2 is 1.83 bits per heavy atom. The number of benzene rings is 1. The number of rotatable bonds is 9. The summed E-state index contributed by atoms with van der Waals surface area (Å²) in [5.74, 6) is 0.155. The van der Waals surface area contributed by atoms with Crippen LogP contribution in [0.4, 0.5) is 9.18 Å². The summed E-state index contributed by atoms with van der Waals surface area (Å²) >= 11 is 0. The lowest BCUT2D eigenvalue weighted by Crippen LogP contribution is -2.47. The molecule has 0 bridgehead atoms. The van der Waals surface area contributed by atoms with Crippen LogP contribution in [0.15, 0.2) is 24.3 Å². The summed E-state index contributed by atoms with van der Waals surface area (Å²) < 4.78 is 12.9. The van der Waals surface area contributed by atoms with Crippen molar-refractivity contribution in [1.82, 2.24) is 10.2 Å². The van der Waals surface area contributed by atoms with E-state index < -0.39 is 7.12 Å². The van der Waals surface area contributed by atoms with Crippen LogP contribution in [-0.4, -0.2) is 59.9 Å². The van der Waals surface area contributed by atoms with Crippen LogP contribution < -0.4 is 11.1 Å². The molecule has 1 fully saturated rings. The van der Waals surface area contributed by atoms with Crippen molar-refractivity contribution in [2.24, 2.45) is 11.7 Å². The van der Waals surface area contributed by atoms with Gasteiger partial charge in [-0.2, -0.15) is 9.59 Å². The zero-order valence-corrected chi connectivity index (χ0v) is 17.1. The van der Waals surface area contributed by atoms with Crippen LogP contribution in [-0.2, 0) is 16.0 Å². The second-order valence-electron chi connectivity index (χ2n) is 7.45. The van der Waals surface area contributed by atoms with Gasteiger partial charge in [-0.3, -0.25) is 0 Å². The van der Waals surface area contributed by atoms with Crippen LogP contribution in [0.3, 0.4) is 0 Å². The van der Waals surface area contributed by atoms with E-state index in [9.17, 15) is 9.18 Å². The molecule has 2 amide bonds. The molecule has 1 saturated heterocycles. The Hall–Kier alpha value is -2.26. The van der Waals surface area contributed by atoms with Gasteiger partial charge in [-0.25, -0.2) is 9.18 Å². The van der Waals surface area contributed by atoms with E-state index >= 15 is 0 Å². The number of carbonyl (C=O) groups excluding carboxylic acids is 3. The fourth-order valence-corrected chi connectivity index (χ4v) is 3.55. The van der Waals surface area contributed by atoms with Gasteiger partial charge < -0.3 is 26.0 Å². The minimum Gasteiger partial charge on any atom is -0.427 e. The molecule has 0 spiro atoms. The van der Waals surface area contributed by atoms with Gasteiger partial charge in [-0.05, 0) is 55.6 Å². The molecule has 1 aromatic carbocycles. The molecule has 1 atom stereocenters. The van der Waals surface area contributed by atoms with E-state index in [0.29, 0.717) is 38.3 Å². The minimum absolute atomic E-state index is 0.0546. The van der Waals surface area contributed by atoms with Crippen molar-refractivity contribution in [2.75, 3.05) is 19.6 Å². The van der Waals surface area contributed by atoms with Gasteiger partial charge in [-0.15, -0.1) is 0 Å². The molecular formula is C20H31BFN3O5. The number of nitrogens with one attached hydrogen (secondary N) is 1. The molecule has 1 heterocycles. The van der Waals surface area contributed by atoms with E-state index in [2.05, 4.69) is 5.32 Å². The second kappa shape index (κ2) is 14.7. The van der Waals surface area contributed by atoms with Crippen molar-refractivity contribution in [2.45, 2.75) is 50.9 Å². The first kappa shape index (κ1) is 25.8. The zero-order valence-electron chi connectivity index (χ0n) is 17.1. The number of likely N-dealkylation sites (tertiary alicyclic amines) is 1. The predicted molar refractivity (Wildman–Crippen MR) is 110 cm³/mol. The maximum absolute atomic E-state index is 12.9. The molecule has 30 heavy (non-hydrogen) atoms. The number of amides is 2. The van der Waals surface area contributed by atoms with Crippen molar-refractivity contribution in [3.8, 4) is 0 Å². The Bertz CT molecular complexity index is 648. The molecule has 1 unspecified atom stereocenters. The SMILES string of the molecule is NC(CCCCB(O)O)C1CCN(C(=O)NCCc2ccc(F)cc2)CC1.O=C=O. The Morgan fingerprint density at radius 3 is 2.40 bits per heavy atom. The number of urea groups is 1. The van der Waals surface area contributed by atoms with Gasteiger partial charge in [0, 0.05) is 25.7 Å². The Labute approximate surface area is 176 Å². The van der Waals surface area contributed by atoms with E-state index in [1.165, 1.54) is 12.1 Å². The maximum atomic E-state index is 12.9. The lowest BCUT2D eigenvalue weighted by Gasteiger charge is -2.34. The number of piperidine rings is 1. The number of hydrogen-bond acceptors (Lipinski definition) is 6. The van der Waals surface area contributed by atoms with Crippen LogP contribution in [0.25, 0.3) is 0 Å². The molecule has 8 nitrogen and oxygen atoms in total. The third kappa shape index (κ3) is 10.5. The molecule has 0 radical (unpaired) electrons. The van der Waals surface area contributed by atoms with Crippen LogP contribution in [0.5, 0.6) is 0 Å². The Balaban J connectivity index is 0.00000141. The van der Waals surface area contributed by atoms with Crippen molar-refractivity contribution < 1.29 is 28.8 Å². The summed E-state index contributed by atoms with van der Waals surface area (Å²) in [6, 6.07) is 6.37. The summed E-state index contributed by atoms with van der Waals surface area (Å²) in [4.78, 5) is 30.3. The molecule has 1 aliphatic rings. The molecule has 166 valence electrons. The third-order valence-corrected chi connectivity index (χ3v) is 5.29. The van der Waals surface area contributed by atoms with Crippen LogP contribution in [0.2, 0.25) is 6.32 Å². The predicted octanol–water partition coefficient (Wildman–Crippen LogP) is 1.18. The van der Waals surface area contributed by atoms with Crippen molar-refractivity contribution in [3.05, 3.63) is 35.6 Å². The Morgan fingerprint density at radius 1 is 1.23 bits per heavy atom. The highest BCUT2D eigenvalue weighted by atomic mass is 19.1. The molecule has 0 saturated carbocycles. The topological polar surface area (TPSA) is 133 Å². The van der Waals surface area contributed by atoms with Gasteiger partial charge >= 0.3 is 19.3 Å². The van der Waals surface area contributed by atoms with E-state index in [-0.39, 0.29) is 24.0 Å². The lowest BCUT2D eigenvalue weighted by molar-refractivity contribution is -0.191. The van der Waals surface area contributed by atoms with Crippen molar-refractivity contribution >= 4 is 19.3 Å². The first-order chi connectivity index (χ1) is 14.4. The largest absolute Gasteiger partial charge is 0.451 e. The minimum atomic E-state index is -1.23. The van der Waals surface area contributed by atoms with Gasteiger partial charge in [0.15, 0.2) is 0 Å². The van der Waals surface area contributed by atoms with Crippen molar-refractivity contribution in [1.29, 1.82) is 0 Å². The number of nitrogens with two attached hydrogens (primary N) is 1. The van der Waals surface area contributed by atoms with Crippen LogP contribution >= 0.6 is 0 Å². The number of carbonyl (C=O) groups is 1.